The minimum Gasteiger partial charge on any atom is -0.408 e. The molecule has 0 bridgehead atoms. The number of aromatic nitrogens is 1. The third-order valence-corrected chi connectivity index (χ3v) is 6.19. The van der Waals surface area contributed by atoms with Crippen LogP contribution in [0.2, 0.25) is 0 Å². The van der Waals surface area contributed by atoms with E-state index in [4.69, 9.17) is 4.42 Å². The van der Waals surface area contributed by atoms with E-state index >= 15 is 0 Å². The molecule has 1 aliphatic rings. The zero-order valence-corrected chi connectivity index (χ0v) is 14.7. The number of oxazole rings is 1. The van der Waals surface area contributed by atoms with E-state index in [1.807, 2.05) is 24.3 Å². The Labute approximate surface area is 149 Å². The van der Waals surface area contributed by atoms with E-state index in [1.165, 1.54) is 23.8 Å². The molecule has 0 unspecified atom stereocenters. The molecule has 136 valence electrons. The van der Waals surface area contributed by atoms with Gasteiger partial charge in [0, 0.05) is 13.0 Å². The molecular weight excluding hydrogens is 356 g/mol. The van der Waals surface area contributed by atoms with Crippen molar-refractivity contribution in [2.24, 2.45) is 0 Å². The average Bonchev–Trinajstić information content (AvgIpc) is 2.99. The molecule has 1 heterocycles. The number of aromatic amines is 1. The quantitative estimate of drug-likeness (QED) is 0.638. The molecule has 4 rings (SSSR count). The number of hydrogen-bond acceptors (Lipinski definition) is 5. The van der Waals surface area contributed by atoms with Crippen LogP contribution in [-0.4, -0.2) is 30.7 Å². The van der Waals surface area contributed by atoms with Gasteiger partial charge < -0.3 is 9.52 Å². The first-order valence-electron chi connectivity index (χ1n) is 8.26. The Kier molecular flexibility index (Phi) is 3.98. The maximum Gasteiger partial charge on any atom is 0.417 e. The van der Waals surface area contributed by atoms with Gasteiger partial charge in [-0.1, -0.05) is 24.3 Å². The average molecular weight is 374 g/mol. The smallest absolute Gasteiger partial charge is 0.408 e. The second kappa shape index (κ2) is 6.08. The zero-order chi connectivity index (χ0) is 18.4. The zero-order valence-electron chi connectivity index (χ0n) is 13.9. The highest BCUT2D eigenvalue weighted by Crippen LogP contribution is 2.28. The fourth-order valence-corrected chi connectivity index (χ4v) is 4.49. The maximum absolute atomic E-state index is 12.6. The van der Waals surface area contributed by atoms with Crippen molar-refractivity contribution in [2.75, 3.05) is 6.54 Å². The van der Waals surface area contributed by atoms with Crippen molar-refractivity contribution in [3.8, 4) is 0 Å². The summed E-state index contributed by atoms with van der Waals surface area (Å²) in [6.45, 7) is -0.0798. The SMILES string of the molecule is O=c1[nH]c2cc(S(=O)(=O)NC[C@]3(O)CCc4ccccc4C3)ccc2o1. The number of hydrogen-bond donors (Lipinski definition) is 3. The molecule has 26 heavy (non-hydrogen) atoms. The second-order valence-corrected chi connectivity index (χ2v) is 8.43. The van der Waals surface area contributed by atoms with Crippen LogP contribution in [0.1, 0.15) is 17.5 Å². The molecule has 0 radical (unpaired) electrons. The van der Waals surface area contributed by atoms with Gasteiger partial charge in [0.2, 0.25) is 10.0 Å². The van der Waals surface area contributed by atoms with Crippen molar-refractivity contribution in [1.82, 2.24) is 9.71 Å². The van der Waals surface area contributed by atoms with Crippen molar-refractivity contribution in [2.45, 2.75) is 29.8 Å². The van der Waals surface area contributed by atoms with Gasteiger partial charge in [-0.3, -0.25) is 4.98 Å². The largest absolute Gasteiger partial charge is 0.417 e. The monoisotopic (exact) mass is 374 g/mol. The number of aryl methyl sites for hydroxylation is 1. The van der Waals surface area contributed by atoms with Gasteiger partial charge in [-0.2, -0.15) is 0 Å². The molecule has 8 heteroatoms. The van der Waals surface area contributed by atoms with Crippen LogP contribution >= 0.6 is 0 Å². The molecule has 3 N–H and O–H groups in total. The molecule has 3 aromatic rings. The molecule has 2 aromatic carbocycles. The van der Waals surface area contributed by atoms with Gasteiger partial charge in [0.25, 0.3) is 0 Å². The predicted molar refractivity (Wildman–Crippen MR) is 95.4 cm³/mol. The van der Waals surface area contributed by atoms with Crippen LogP contribution in [-0.2, 0) is 22.9 Å². The first-order valence-corrected chi connectivity index (χ1v) is 9.75. The minimum atomic E-state index is -3.83. The maximum atomic E-state index is 12.6. The van der Waals surface area contributed by atoms with Crippen molar-refractivity contribution < 1.29 is 17.9 Å². The lowest BCUT2D eigenvalue weighted by molar-refractivity contribution is 0.0317. The summed E-state index contributed by atoms with van der Waals surface area (Å²) in [6.07, 6.45) is 1.59. The summed E-state index contributed by atoms with van der Waals surface area (Å²) in [5.74, 6) is -0.641. The summed E-state index contributed by atoms with van der Waals surface area (Å²) in [6, 6.07) is 12.0. The van der Waals surface area contributed by atoms with Gasteiger partial charge in [0.1, 0.15) is 0 Å². The molecule has 7 nitrogen and oxygen atoms in total. The van der Waals surface area contributed by atoms with Gasteiger partial charge in [0.05, 0.1) is 16.0 Å². The number of rotatable bonds is 4. The van der Waals surface area contributed by atoms with Crippen LogP contribution < -0.4 is 10.5 Å². The first-order chi connectivity index (χ1) is 12.3. The molecule has 1 atom stereocenters. The molecule has 0 fully saturated rings. The highest BCUT2D eigenvalue weighted by atomic mass is 32.2. The van der Waals surface area contributed by atoms with Crippen LogP contribution in [0.25, 0.3) is 11.1 Å². The summed E-state index contributed by atoms with van der Waals surface area (Å²) in [7, 11) is -3.83. The van der Waals surface area contributed by atoms with Gasteiger partial charge in [-0.05, 0) is 42.2 Å². The van der Waals surface area contributed by atoms with Crippen molar-refractivity contribution >= 4 is 21.1 Å². The van der Waals surface area contributed by atoms with E-state index in [1.54, 1.807) is 0 Å². The normalized spacial score (nSPS) is 20.2. The summed E-state index contributed by atoms with van der Waals surface area (Å²) in [4.78, 5) is 13.6. The fourth-order valence-electron chi connectivity index (χ4n) is 3.35. The lowest BCUT2D eigenvalue weighted by Gasteiger charge is -2.33. The highest BCUT2D eigenvalue weighted by molar-refractivity contribution is 7.89. The van der Waals surface area contributed by atoms with Crippen LogP contribution in [0.4, 0.5) is 0 Å². The van der Waals surface area contributed by atoms with Crippen molar-refractivity contribution in [3.05, 3.63) is 64.1 Å². The van der Waals surface area contributed by atoms with Gasteiger partial charge in [-0.15, -0.1) is 0 Å². The van der Waals surface area contributed by atoms with Crippen LogP contribution in [0, 0.1) is 0 Å². The molecule has 0 saturated carbocycles. The van der Waals surface area contributed by atoms with Gasteiger partial charge >= 0.3 is 5.76 Å². The second-order valence-electron chi connectivity index (χ2n) is 6.67. The van der Waals surface area contributed by atoms with E-state index in [2.05, 4.69) is 9.71 Å². The minimum absolute atomic E-state index is 0.00172. The molecule has 1 aliphatic carbocycles. The number of sulfonamides is 1. The molecule has 0 spiro atoms. The number of fused-ring (bicyclic) bond motifs is 2. The van der Waals surface area contributed by atoms with Gasteiger partial charge in [0.15, 0.2) is 5.58 Å². The first kappa shape index (κ1) is 17.0. The third-order valence-electron chi connectivity index (χ3n) is 4.79. The van der Waals surface area contributed by atoms with E-state index < -0.39 is 21.4 Å². The Morgan fingerprint density at radius 3 is 2.77 bits per heavy atom. The van der Waals surface area contributed by atoms with Crippen molar-refractivity contribution in [1.29, 1.82) is 0 Å². The third kappa shape index (κ3) is 3.18. The van der Waals surface area contributed by atoms with Crippen LogP contribution in [0.15, 0.2) is 56.6 Å². The Balaban J connectivity index is 1.53. The molecular formula is C18H18N2O5S. The fraction of sp³-hybridized carbons (Fsp3) is 0.278. The van der Waals surface area contributed by atoms with Crippen LogP contribution in [0.5, 0.6) is 0 Å². The Morgan fingerprint density at radius 2 is 1.96 bits per heavy atom. The predicted octanol–water partition coefficient (Wildman–Crippen LogP) is 1.32. The lowest BCUT2D eigenvalue weighted by Crippen LogP contribution is -2.46. The summed E-state index contributed by atoms with van der Waals surface area (Å²) in [5, 5.41) is 10.8. The van der Waals surface area contributed by atoms with E-state index in [0.29, 0.717) is 24.8 Å². The number of nitrogens with one attached hydrogen (secondary N) is 2. The van der Waals surface area contributed by atoms with E-state index in [-0.39, 0.29) is 17.0 Å². The standard InChI is InChI=1S/C18H18N2O5S/c21-17-20-15-9-14(5-6-16(15)25-17)26(23,24)19-11-18(22)8-7-12-3-1-2-4-13(12)10-18/h1-6,9,19,22H,7-8,10-11H2,(H,20,21)/t18-/m0/s1. The summed E-state index contributed by atoms with van der Waals surface area (Å²) < 4.78 is 32.5. The van der Waals surface area contributed by atoms with Gasteiger partial charge in [-0.25, -0.2) is 17.9 Å². The summed E-state index contributed by atoms with van der Waals surface area (Å²) in [5.41, 5.74) is 1.70. The number of H-pyrrole nitrogens is 1. The Hall–Kier alpha value is -2.42. The van der Waals surface area contributed by atoms with Crippen LogP contribution in [0.3, 0.4) is 0 Å². The molecule has 0 aliphatic heterocycles. The number of aliphatic hydroxyl groups is 1. The molecule has 0 saturated heterocycles. The van der Waals surface area contributed by atoms with Crippen molar-refractivity contribution in [3.63, 3.8) is 0 Å². The topological polar surface area (TPSA) is 112 Å². The lowest BCUT2D eigenvalue weighted by atomic mass is 9.80. The molecule has 1 aromatic heterocycles. The summed E-state index contributed by atoms with van der Waals surface area (Å²) >= 11 is 0. The molecule has 0 amide bonds. The number of benzene rings is 2. The highest BCUT2D eigenvalue weighted by Gasteiger charge is 2.33. The Bertz CT molecular complexity index is 1130. The van der Waals surface area contributed by atoms with E-state index in [9.17, 15) is 18.3 Å². The Morgan fingerprint density at radius 1 is 1.19 bits per heavy atom. The van der Waals surface area contributed by atoms with E-state index in [0.717, 1.165) is 5.56 Å².